The molecule has 0 atom stereocenters. The molecular weight excluding hydrogens is 352 g/mol. The Balaban J connectivity index is 1.49. The summed E-state index contributed by atoms with van der Waals surface area (Å²) in [5, 5.41) is 7.14. The van der Waals surface area contributed by atoms with E-state index in [2.05, 4.69) is 20.6 Å². The molecule has 0 saturated carbocycles. The minimum atomic E-state index is -0.237. The van der Waals surface area contributed by atoms with Gasteiger partial charge in [-0.2, -0.15) is 0 Å². The lowest BCUT2D eigenvalue weighted by Crippen LogP contribution is -2.12. The highest BCUT2D eigenvalue weighted by Gasteiger charge is 2.08. The Hall–Kier alpha value is -3.93. The zero-order valence-electron chi connectivity index (χ0n) is 15.2. The second kappa shape index (κ2) is 7.75. The molecular formula is C22H18N4O2. The Bertz CT molecular complexity index is 1120. The molecule has 1 amide bonds. The van der Waals surface area contributed by atoms with Crippen LogP contribution >= 0.6 is 0 Å². The lowest BCUT2D eigenvalue weighted by molar-refractivity contribution is 0.102. The van der Waals surface area contributed by atoms with Crippen molar-refractivity contribution in [3.63, 3.8) is 0 Å². The summed E-state index contributed by atoms with van der Waals surface area (Å²) in [7, 11) is 1.59. The standard InChI is InChI=1S/C22H18N4O2/c1-28-18-8-3-7-17(13-18)25-22(27)16-10-11-20(24-14-16)26-19-9-2-5-15-6-4-12-23-21(15)19/h2-14H,1H3,(H,24,26)(H,25,27). The van der Waals surface area contributed by atoms with E-state index in [1.807, 2.05) is 42.5 Å². The molecule has 4 aromatic rings. The fraction of sp³-hybridized carbons (Fsp3) is 0.0455. The number of fused-ring (bicyclic) bond motifs is 1. The van der Waals surface area contributed by atoms with Crippen LogP contribution < -0.4 is 15.4 Å². The van der Waals surface area contributed by atoms with Gasteiger partial charge in [-0.25, -0.2) is 4.98 Å². The largest absolute Gasteiger partial charge is 0.497 e. The number of nitrogens with one attached hydrogen (secondary N) is 2. The van der Waals surface area contributed by atoms with Crippen molar-refractivity contribution in [1.82, 2.24) is 9.97 Å². The number of ether oxygens (including phenoxy) is 1. The van der Waals surface area contributed by atoms with Gasteiger partial charge in [0, 0.05) is 29.5 Å². The Morgan fingerprint density at radius 3 is 2.64 bits per heavy atom. The number of anilines is 3. The van der Waals surface area contributed by atoms with Crippen LogP contribution in [-0.2, 0) is 0 Å². The average Bonchev–Trinajstić information content (AvgIpc) is 2.74. The molecule has 2 aromatic heterocycles. The molecule has 0 spiro atoms. The number of nitrogens with zero attached hydrogens (tertiary/aromatic N) is 2. The number of rotatable bonds is 5. The molecule has 0 radical (unpaired) electrons. The van der Waals surface area contributed by atoms with Crippen molar-refractivity contribution in [2.75, 3.05) is 17.7 Å². The van der Waals surface area contributed by atoms with Crippen molar-refractivity contribution >= 4 is 34.0 Å². The van der Waals surface area contributed by atoms with Crippen molar-refractivity contribution < 1.29 is 9.53 Å². The molecule has 2 aromatic carbocycles. The fourth-order valence-corrected chi connectivity index (χ4v) is 2.85. The van der Waals surface area contributed by atoms with Crippen molar-refractivity contribution in [2.45, 2.75) is 0 Å². The summed E-state index contributed by atoms with van der Waals surface area (Å²) < 4.78 is 5.17. The highest BCUT2D eigenvalue weighted by molar-refractivity contribution is 6.04. The van der Waals surface area contributed by atoms with Crippen LogP contribution in [0, 0.1) is 0 Å². The predicted molar refractivity (Wildman–Crippen MR) is 110 cm³/mol. The summed E-state index contributed by atoms with van der Waals surface area (Å²) in [5.41, 5.74) is 2.85. The second-order valence-electron chi connectivity index (χ2n) is 6.12. The number of carbonyl (C=O) groups excluding carboxylic acids is 1. The first-order chi connectivity index (χ1) is 13.7. The summed E-state index contributed by atoms with van der Waals surface area (Å²) in [6.45, 7) is 0. The van der Waals surface area contributed by atoms with Gasteiger partial charge < -0.3 is 15.4 Å². The van der Waals surface area contributed by atoms with Crippen LogP contribution in [0.25, 0.3) is 10.9 Å². The van der Waals surface area contributed by atoms with Gasteiger partial charge in [-0.1, -0.05) is 24.3 Å². The molecule has 6 nitrogen and oxygen atoms in total. The second-order valence-corrected chi connectivity index (χ2v) is 6.12. The van der Waals surface area contributed by atoms with Gasteiger partial charge in [0.05, 0.1) is 23.9 Å². The summed E-state index contributed by atoms with van der Waals surface area (Å²) in [6, 6.07) is 20.5. The van der Waals surface area contributed by atoms with Crippen LogP contribution in [0.3, 0.4) is 0 Å². The van der Waals surface area contributed by atoms with Crippen LogP contribution in [0.5, 0.6) is 5.75 Å². The van der Waals surface area contributed by atoms with Crippen LogP contribution in [-0.4, -0.2) is 23.0 Å². The number of methoxy groups -OCH3 is 1. The van der Waals surface area contributed by atoms with E-state index in [9.17, 15) is 4.79 Å². The van der Waals surface area contributed by atoms with Crippen LogP contribution in [0.15, 0.2) is 79.1 Å². The predicted octanol–water partition coefficient (Wildman–Crippen LogP) is 4.63. The SMILES string of the molecule is COc1cccc(NC(=O)c2ccc(Nc3cccc4cccnc34)nc2)c1. The monoisotopic (exact) mass is 370 g/mol. The van der Waals surface area contributed by atoms with Crippen LogP contribution in [0.4, 0.5) is 17.2 Å². The van der Waals surface area contributed by atoms with Gasteiger partial charge in [0.15, 0.2) is 0 Å². The molecule has 0 bridgehead atoms. The average molecular weight is 370 g/mol. The summed E-state index contributed by atoms with van der Waals surface area (Å²) in [4.78, 5) is 21.2. The van der Waals surface area contributed by atoms with Crippen molar-refractivity contribution in [2.24, 2.45) is 0 Å². The number of benzene rings is 2. The van der Waals surface area contributed by atoms with Crippen molar-refractivity contribution in [3.05, 3.63) is 84.7 Å². The van der Waals surface area contributed by atoms with E-state index in [0.717, 1.165) is 16.6 Å². The molecule has 0 aliphatic rings. The van der Waals surface area contributed by atoms with E-state index in [4.69, 9.17) is 4.74 Å². The third-order valence-electron chi connectivity index (χ3n) is 4.25. The Labute approximate surface area is 162 Å². The maximum atomic E-state index is 12.4. The lowest BCUT2D eigenvalue weighted by atomic mass is 10.2. The zero-order chi connectivity index (χ0) is 19.3. The van der Waals surface area contributed by atoms with E-state index >= 15 is 0 Å². The number of hydrogen-bond donors (Lipinski definition) is 2. The number of carbonyl (C=O) groups is 1. The molecule has 4 rings (SSSR count). The van der Waals surface area contributed by atoms with Crippen LogP contribution in [0.1, 0.15) is 10.4 Å². The van der Waals surface area contributed by atoms with Crippen molar-refractivity contribution in [3.8, 4) is 5.75 Å². The Kier molecular flexibility index (Phi) is 4.84. The molecule has 0 aliphatic carbocycles. The molecule has 0 fully saturated rings. The van der Waals surface area contributed by atoms with Gasteiger partial charge in [0.25, 0.3) is 5.91 Å². The van der Waals surface area contributed by atoms with E-state index in [1.54, 1.807) is 37.6 Å². The van der Waals surface area contributed by atoms with Gasteiger partial charge in [0.1, 0.15) is 11.6 Å². The third-order valence-corrected chi connectivity index (χ3v) is 4.25. The molecule has 2 heterocycles. The minimum Gasteiger partial charge on any atom is -0.497 e. The number of hydrogen-bond acceptors (Lipinski definition) is 5. The first kappa shape index (κ1) is 17.5. The van der Waals surface area contributed by atoms with Gasteiger partial charge in [-0.05, 0) is 36.4 Å². The van der Waals surface area contributed by atoms with Crippen LogP contribution in [0.2, 0.25) is 0 Å². The first-order valence-electron chi connectivity index (χ1n) is 8.75. The fourth-order valence-electron chi connectivity index (χ4n) is 2.85. The lowest BCUT2D eigenvalue weighted by Gasteiger charge is -2.10. The van der Waals surface area contributed by atoms with Gasteiger partial charge >= 0.3 is 0 Å². The number of amides is 1. The third kappa shape index (κ3) is 3.76. The number of para-hydroxylation sites is 1. The maximum absolute atomic E-state index is 12.4. The summed E-state index contributed by atoms with van der Waals surface area (Å²) >= 11 is 0. The van der Waals surface area contributed by atoms with Gasteiger partial charge in [-0.3, -0.25) is 9.78 Å². The molecule has 6 heteroatoms. The van der Waals surface area contributed by atoms with E-state index < -0.39 is 0 Å². The maximum Gasteiger partial charge on any atom is 0.257 e. The zero-order valence-corrected chi connectivity index (χ0v) is 15.2. The first-order valence-corrected chi connectivity index (χ1v) is 8.75. The van der Waals surface area contributed by atoms with Gasteiger partial charge in [0.2, 0.25) is 0 Å². The Morgan fingerprint density at radius 1 is 0.964 bits per heavy atom. The quantitative estimate of drug-likeness (QED) is 0.535. The molecule has 28 heavy (non-hydrogen) atoms. The molecule has 0 unspecified atom stereocenters. The van der Waals surface area contributed by atoms with E-state index in [0.29, 0.717) is 22.8 Å². The highest BCUT2D eigenvalue weighted by atomic mass is 16.5. The molecule has 0 aliphatic heterocycles. The van der Waals surface area contributed by atoms with E-state index in [-0.39, 0.29) is 5.91 Å². The van der Waals surface area contributed by atoms with E-state index in [1.165, 1.54) is 6.20 Å². The smallest absolute Gasteiger partial charge is 0.257 e. The normalized spacial score (nSPS) is 10.5. The minimum absolute atomic E-state index is 0.237. The molecule has 138 valence electrons. The highest BCUT2D eigenvalue weighted by Crippen LogP contribution is 2.24. The molecule has 2 N–H and O–H groups in total. The topological polar surface area (TPSA) is 76.1 Å². The number of aromatic nitrogens is 2. The van der Waals surface area contributed by atoms with Crippen molar-refractivity contribution in [1.29, 1.82) is 0 Å². The van der Waals surface area contributed by atoms with Gasteiger partial charge in [-0.15, -0.1) is 0 Å². The summed E-state index contributed by atoms with van der Waals surface area (Å²) in [5.74, 6) is 1.08. The number of pyridine rings is 2. The molecule has 0 saturated heterocycles. The Morgan fingerprint density at radius 2 is 1.82 bits per heavy atom. The summed E-state index contributed by atoms with van der Waals surface area (Å²) in [6.07, 6.45) is 3.29.